The van der Waals surface area contributed by atoms with Gasteiger partial charge in [-0.2, -0.15) is 0 Å². The van der Waals surface area contributed by atoms with Gasteiger partial charge in [-0.15, -0.1) is 0 Å². The van der Waals surface area contributed by atoms with E-state index in [1.165, 1.54) is 12.0 Å². The number of fused-ring (bicyclic) bond motifs is 1. The van der Waals surface area contributed by atoms with Crippen molar-refractivity contribution in [3.63, 3.8) is 0 Å². The Morgan fingerprint density at radius 3 is 2.78 bits per heavy atom. The second kappa shape index (κ2) is 11.0. The third kappa shape index (κ3) is 6.76. The van der Waals surface area contributed by atoms with E-state index in [1.807, 2.05) is 20.2 Å². The summed E-state index contributed by atoms with van der Waals surface area (Å²) in [4.78, 5) is 13.3. The molecule has 0 spiro atoms. The highest BCUT2D eigenvalue weighted by Gasteiger charge is 2.43. The fourth-order valence-electron chi connectivity index (χ4n) is 4.60. The van der Waals surface area contributed by atoms with Gasteiger partial charge in [0.25, 0.3) is 0 Å². The molecular formula is C23H39NO3. The Morgan fingerprint density at radius 1 is 1.30 bits per heavy atom. The van der Waals surface area contributed by atoms with Gasteiger partial charge in [-0.25, -0.2) is 0 Å². The maximum Gasteiger partial charge on any atom is 0.222 e. The number of hydrogen-bond acceptors (Lipinski definition) is 3. The van der Waals surface area contributed by atoms with Crippen LogP contribution in [0.25, 0.3) is 0 Å². The molecule has 4 nitrogen and oxygen atoms in total. The molecule has 4 heteroatoms. The molecule has 1 amide bonds. The summed E-state index contributed by atoms with van der Waals surface area (Å²) in [5, 5.41) is 20.6. The number of allylic oxidation sites excluding steroid dienone is 2. The normalized spacial score (nSPS) is 28.4. The summed E-state index contributed by atoms with van der Waals surface area (Å²) >= 11 is 0. The fourth-order valence-corrected chi connectivity index (χ4v) is 4.60. The lowest BCUT2D eigenvalue weighted by Crippen LogP contribution is -2.21. The lowest BCUT2D eigenvalue weighted by atomic mass is 9.88. The highest BCUT2D eigenvalue weighted by Crippen LogP contribution is 2.48. The Labute approximate surface area is 165 Å². The van der Waals surface area contributed by atoms with Gasteiger partial charge in [0.2, 0.25) is 5.91 Å². The predicted octanol–water partition coefficient (Wildman–Crippen LogP) is 4.08. The second-order valence-electron chi connectivity index (χ2n) is 8.68. The van der Waals surface area contributed by atoms with Crippen LogP contribution in [0.4, 0.5) is 0 Å². The Balaban J connectivity index is 1.76. The van der Waals surface area contributed by atoms with Gasteiger partial charge in [-0.05, 0) is 50.4 Å². The monoisotopic (exact) mass is 377 g/mol. The van der Waals surface area contributed by atoms with Gasteiger partial charge >= 0.3 is 0 Å². The maximum absolute atomic E-state index is 11.6. The van der Waals surface area contributed by atoms with Crippen molar-refractivity contribution in [1.82, 2.24) is 4.90 Å². The first kappa shape index (κ1) is 22.2. The van der Waals surface area contributed by atoms with Gasteiger partial charge in [0.1, 0.15) is 0 Å². The number of amides is 1. The Hall–Kier alpha value is -1.13. The zero-order valence-corrected chi connectivity index (χ0v) is 17.4. The third-order valence-corrected chi connectivity index (χ3v) is 6.25. The van der Waals surface area contributed by atoms with E-state index in [9.17, 15) is 15.0 Å². The molecule has 0 bridgehead atoms. The van der Waals surface area contributed by atoms with Crippen molar-refractivity contribution in [2.24, 2.45) is 17.8 Å². The van der Waals surface area contributed by atoms with E-state index >= 15 is 0 Å². The molecule has 0 aromatic heterocycles. The van der Waals surface area contributed by atoms with E-state index in [1.54, 1.807) is 4.90 Å². The Bertz CT molecular complexity index is 526. The van der Waals surface area contributed by atoms with E-state index in [4.69, 9.17) is 0 Å². The number of carbonyl (C=O) groups excluding carboxylic acids is 1. The number of rotatable bonds is 11. The van der Waals surface area contributed by atoms with Gasteiger partial charge in [-0.3, -0.25) is 4.79 Å². The van der Waals surface area contributed by atoms with E-state index in [-0.39, 0.29) is 24.0 Å². The molecule has 2 aliphatic rings. The summed E-state index contributed by atoms with van der Waals surface area (Å²) in [6.07, 6.45) is 15.5. The van der Waals surface area contributed by atoms with Crippen LogP contribution in [0.15, 0.2) is 23.8 Å². The minimum absolute atomic E-state index is 0.167. The van der Waals surface area contributed by atoms with Crippen LogP contribution in [0.1, 0.15) is 71.1 Å². The number of carbonyl (C=O) groups is 1. The van der Waals surface area contributed by atoms with Crippen LogP contribution in [0.3, 0.4) is 0 Å². The number of unbranched alkanes of at least 4 members (excludes halogenated alkanes) is 3. The van der Waals surface area contributed by atoms with Crippen LogP contribution in [0.5, 0.6) is 0 Å². The Morgan fingerprint density at radius 2 is 2.07 bits per heavy atom. The van der Waals surface area contributed by atoms with Crippen LogP contribution < -0.4 is 0 Å². The summed E-state index contributed by atoms with van der Waals surface area (Å²) in [6.45, 7) is 2.17. The van der Waals surface area contributed by atoms with Crippen LogP contribution in [-0.2, 0) is 4.79 Å². The lowest BCUT2D eigenvalue weighted by Gasteiger charge is -2.19. The highest BCUT2D eigenvalue weighted by molar-refractivity contribution is 5.75. The molecule has 5 atom stereocenters. The van der Waals surface area contributed by atoms with Gasteiger partial charge < -0.3 is 15.1 Å². The molecule has 1 fully saturated rings. The first-order chi connectivity index (χ1) is 12.9. The zero-order valence-electron chi connectivity index (χ0n) is 17.4. The average molecular weight is 378 g/mol. The number of nitrogens with zero attached hydrogens (tertiary/aromatic N) is 1. The summed E-state index contributed by atoms with van der Waals surface area (Å²) in [5.74, 6) is 1.33. The number of hydrogen-bond donors (Lipinski definition) is 2. The van der Waals surface area contributed by atoms with Gasteiger partial charge in [0, 0.05) is 26.4 Å². The van der Waals surface area contributed by atoms with Crippen molar-refractivity contribution in [2.75, 3.05) is 14.1 Å². The minimum Gasteiger partial charge on any atom is -0.392 e. The first-order valence-corrected chi connectivity index (χ1v) is 10.9. The molecule has 27 heavy (non-hydrogen) atoms. The number of aliphatic hydroxyl groups excluding tert-OH is 2. The standard InChI is InChI=1S/C23H39NO3/c1-4-5-6-10-19(25)12-13-20-21-15-17(14-18(21)16-22(20)26)9-7-8-11-23(27)24(2)3/h12-14,18-22,25-26H,4-11,15-16H2,1-3H3/b13-12+/t18-,19-,20+,21-,22+/m0/s1. The van der Waals surface area contributed by atoms with Crippen molar-refractivity contribution < 1.29 is 15.0 Å². The summed E-state index contributed by atoms with van der Waals surface area (Å²) in [6, 6.07) is 0. The number of aliphatic hydroxyl groups is 2. The van der Waals surface area contributed by atoms with Crippen molar-refractivity contribution in [3.8, 4) is 0 Å². The van der Waals surface area contributed by atoms with E-state index in [2.05, 4.69) is 19.1 Å². The second-order valence-corrected chi connectivity index (χ2v) is 8.68. The molecule has 0 heterocycles. The molecule has 0 aromatic carbocycles. The van der Waals surface area contributed by atoms with Gasteiger partial charge in [0.15, 0.2) is 0 Å². The molecule has 2 aliphatic carbocycles. The summed E-state index contributed by atoms with van der Waals surface area (Å²) in [5.41, 5.74) is 1.50. The smallest absolute Gasteiger partial charge is 0.222 e. The summed E-state index contributed by atoms with van der Waals surface area (Å²) < 4.78 is 0. The molecule has 0 saturated heterocycles. The maximum atomic E-state index is 11.6. The van der Waals surface area contributed by atoms with Crippen molar-refractivity contribution in [3.05, 3.63) is 23.8 Å². The third-order valence-electron chi connectivity index (χ3n) is 6.25. The predicted molar refractivity (Wildman–Crippen MR) is 110 cm³/mol. The average Bonchev–Trinajstić information content (AvgIpc) is 3.13. The largest absolute Gasteiger partial charge is 0.392 e. The van der Waals surface area contributed by atoms with Crippen LogP contribution in [0, 0.1) is 17.8 Å². The molecule has 2 N–H and O–H groups in total. The van der Waals surface area contributed by atoms with Gasteiger partial charge in [0.05, 0.1) is 12.2 Å². The van der Waals surface area contributed by atoms with Crippen molar-refractivity contribution in [1.29, 1.82) is 0 Å². The minimum atomic E-state index is -0.383. The molecule has 1 saturated carbocycles. The first-order valence-electron chi connectivity index (χ1n) is 10.9. The summed E-state index contributed by atoms with van der Waals surface area (Å²) in [7, 11) is 3.62. The van der Waals surface area contributed by atoms with Crippen LogP contribution in [0.2, 0.25) is 0 Å². The van der Waals surface area contributed by atoms with Gasteiger partial charge in [-0.1, -0.05) is 50.0 Å². The molecular weight excluding hydrogens is 338 g/mol. The van der Waals surface area contributed by atoms with Crippen molar-refractivity contribution in [2.45, 2.75) is 83.3 Å². The highest BCUT2D eigenvalue weighted by atomic mass is 16.3. The van der Waals surface area contributed by atoms with Crippen molar-refractivity contribution >= 4 is 5.91 Å². The van der Waals surface area contributed by atoms with E-state index in [0.29, 0.717) is 18.3 Å². The Kier molecular flexibility index (Phi) is 9.04. The fraction of sp³-hybridized carbons (Fsp3) is 0.783. The topological polar surface area (TPSA) is 60.8 Å². The molecule has 0 aromatic rings. The van der Waals surface area contributed by atoms with Crippen LogP contribution >= 0.6 is 0 Å². The molecule has 0 aliphatic heterocycles. The van der Waals surface area contributed by atoms with E-state index in [0.717, 1.165) is 51.4 Å². The zero-order chi connectivity index (χ0) is 19.8. The van der Waals surface area contributed by atoms with Crippen LogP contribution in [-0.4, -0.2) is 47.3 Å². The quantitative estimate of drug-likeness (QED) is 0.421. The molecule has 2 rings (SSSR count). The lowest BCUT2D eigenvalue weighted by molar-refractivity contribution is -0.128. The van der Waals surface area contributed by atoms with E-state index < -0.39 is 0 Å². The molecule has 0 radical (unpaired) electrons. The SMILES string of the molecule is CCCCC[C@H](O)/C=C/[C@@H]1[C@H]2CC(CCCCC(=O)N(C)C)=C[C@H]2C[C@H]1O. The molecule has 154 valence electrons. The molecule has 0 unspecified atom stereocenters.